The fraction of sp³-hybridized carbons (Fsp3) is 0.280. The quantitative estimate of drug-likeness (QED) is 0.404. The maximum Gasteiger partial charge on any atom is 0.274 e. The number of thiazole rings is 1. The number of carbonyl (C=O) groups excluding carboxylic acids is 1. The van der Waals surface area contributed by atoms with Crippen molar-refractivity contribution in [2.45, 2.75) is 38.6 Å². The number of amides is 1. The van der Waals surface area contributed by atoms with Crippen molar-refractivity contribution in [3.8, 4) is 10.4 Å². The molecule has 1 saturated heterocycles. The molecule has 0 aliphatic carbocycles. The van der Waals surface area contributed by atoms with Crippen molar-refractivity contribution < 1.29 is 9.21 Å². The van der Waals surface area contributed by atoms with Gasteiger partial charge in [-0.3, -0.25) is 4.79 Å². The first-order chi connectivity index (χ1) is 14.7. The number of fused-ring (bicyclic) bond motifs is 1. The number of aryl methyl sites for hydroxylation is 1. The Kier molecular flexibility index (Phi) is 5.13. The molecule has 1 aliphatic heterocycles. The molecule has 4 nitrogen and oxygen atoms in total. The molecule has 0 bridgehead atoms. The van der Waals surface area contributed by atoms with E-state index in [1.54, 1.807) is 11.3 Å². The Balaban J connectivity index is 1.44. The van der Waals surface area contributed by atoms with Crippen molar-refractivity contribution in [3.05, 3.63) is 77.1 Å². The summed E-state index contributed by atoms with van der Waals surface area (Å²) < 4.78 is 6.05. The van der Waals surface area contributed by atoms with E-state index in [2.05, 4.69) is 17.1 Å². The minimum atomic E-state index is 0.0408. The zero-order chi connectivity index (χ0) is 20.5. The molecule has 0 spiro atoms. The van der Waals surface area contributed by atoms with Crippen LogP contribution in [0.3, 0.4) is 0 Å². The van der Waals surface area contributed by atoms with Gasteiger partial charge in [0, 0.05) is 24.4 Å². The molecule has 1 unspecified atom stereocenters. The Hall–Kier alpha value is -2.92. The molecular formula is C25H24N2O2S. The first kappa shape index (κ1) is 19.1. The van der Waals surface area contributed by atoms with Gasteiger partial charge in [0.05, 0.1) is 9.88 Å². The van der Waals surface area contributed by atoms with Crippen molar-refractivity contribution in [3.63, 3.8) is 0 Å². The predicted octanol–water partition coefficient (Wildman–Crippen LogP) is 6.10. The first-order valence-electron chi connectivity index (χ1n) is 10.5. The highest BCUT2D eigenvalue weighted by atomic mass is 32.1. The van der Waals surface area contributed by atoms with Crippen LogP contribution in [0.25, 0.3) is 21.4 Å². The first-order valence-corrected chi connectivity index (χ1v) is 11.3. The number of rotatable bonds is 4. The minimum Gasteiger partial charge on any atom is -0.461 e. The van der Waals surface area contributed by atoms with Crippen LogP contribution in [0.15, 0.2) is 65.1 Å². The SMILES string of the molecule is Cc1nc(C(=O)N2CCCCC2Cc2cc3ccccc3o2)c(-c2ccccc2)s1. The van der Waals surface area contributed by atoms with Crippen molar-refractivity contribution in [1.82, 2.24) is 9.88 Å². The highest BCUT2D eigenvalue weighted by molar-refractivity contribution is 7.15. The van der Waals surface area contributed by atoms with E-state index in [1.165, 1.54) is 0 Å². The maximum atomic E-state index is 13.6. The maximum absolute atomic E-state index is 13.6. The molecule has 1 atom stereocenters. The van der Waals surface area contributed by atoms with E-state index in [1.807, 2.05) is 60.4 Å². The number of para-hydroxylation sites is 1. The fourth-order valence-electron chi connectivity index (χ4n) is 4.34. The standard InChI is InChI=1S/C25H24N2O2S/c1-17-26-23(24(30-17)18-9-3-2-4-10-18)25(28)27-14-8-7-12-20(27)16-21-15-19-11-5-6-13-22(19)29-21/h2-6,9-11,13,15,20H,7-8,12,14,16H2,1H3. The van der Waals surface area contributed by atoms with Crippen LogP contribution in [-0.4, -0.2) is 28.4 Å². The van der Waals surface area contributed by atoms with Gasteiger partial charge in [-0.1, -0.05) is 48.5 Å². The van der Waals surface area contributed by atoms with Crippen LogP contribution in [0.1, 0.15) is 40.5 Å². The molecule has 1 aliphatic rings. The Morgan fingerprint density at radius 1 is 1.13 bits per heavy atom. The summed E-state index contributed by atoms with van der Waals surface area (Å²) >= 11 is 1.59. The van der Waals surface area contributed by atoms with Gasteiger partial charge in [0.25, 0.3) is 5.91 Å². The Morgan fingerprint density at radius 3 is 2.77 bits per heavy atom. The van der Waals surface area contributed by atoms with E-state index in [0.717, 1.165) is 64.4 Å². The molecule has 1 fully saturated rings. The molecule has 0 radical (unpaired) electrons. The van der Waals surface area contributed by atoms with Gasteiger partial charge < -0.3 is 9.32 Å². The number of hydrogen-bond acceptors (Lipinski definition) is 4. The van der Waals surface area contributed by atoms with E-state index >= 15 is 0 Å². The molecule has 1 amide bonds. The zero-order valence-corrected chi connectivity index (χ0v) is 17.8. The summed E-state index contributed by atoms with van der Waals surface area (Å²) in [6, 6.07) is 20.4. The second-order valence-corrected chi connectivity index (χ2v) is 9.08. The van der Waals surface area contributed by atoms with Crippen molar-refractivity contribution in [2.24, 2.45) is 0 Å². The number of hydrogen-bond donors (Lipinski definition) is 0. The van der Waals surface area contributed by atoms with Gasteiger partial charge in [-0.25, -0.2) is 4.98 Å². The molecule has 4 aromatic rings. The predicted molar refractivity (Wildman–Crippen MR) is 121 cm³/mol. The van der Waals surface area contributed by atoms with Crippen LogP contribution >= 0.6 is 11.3 Å². The highest BCUT2D eigenvalue weighted by Gasteiger charge is 2.31. The number of benzene rings is 2. The van der Waals surface area contributed by atoms with Gasteiger partial charge in [-0.15, -0.1) is 11.3 Å². The summed E-state index contributed by atoms with van der Waals surface area (Å²) in [6.45, 7) is 2.74. The normalized spacial score (nSPS) is 16.8. The number of aromatic nitrogens is 1. The molecule has 2 aromatic carbocycles. The average molecular weight is 417 g/mol. The Labute approximate surface area is 180 Å². The second-order valence-electron chi connectivity index (χ2n) is 7.88. The summed E-state index contributed by atoms with van der Waals surface area (Å²) in [5.74, 6) is 0.984. The van der Waals surface area contributed by atoms with E-state index in [4.69, 9.17) is 4.42 Å². The summed E-state index contributed by atoms with van der Waals surface area (Å²) in [6.07, 6.45) is 3.90. The molecular weight excluding hydrogens is 392 g/mol. The Bertz CT molecular complexity index is 1150. The highest BCUT2D eigenvalue weighted by Crippen LogP contribution is 2.33. The fourth-order valence-corrected chi connectivity index (χ4v) is 5.26. The van der Waals surface area contributed by atoms with Gasteiger partial charge in [-0.05, 0) is 43.9 Å². The van der Waals surface area contributed by atoms with E-state index in [9.17, 15) is 4.79 Å². The topological polar surface area (TPSA) is 46.3 Å². The third-order valence-corrected chi connectivity index (χ3v) is 6.79. The van der Waals surface area contributed by atoms with Gasteiger partial charge in [0.2, 0.25) is 0 Å². The van der Waals surface area contributed by atoms with Crippen LogP contribution in [0.5, 0.6) is 0 Å². The molecule has 5 heteroatoms. The zero-order valence-electron chi connectivity index (χ0n) is 17.0. The largest absolute Gasteiger partial charge is 0.461 e. The number of nitrogens with zero attached hydrogens (tertiary/aromatic N) is 2. The van der Waals surface area contributed by atoms with Crippen LogP contribution < -0.4 is 0 Å². The van der Waals surface area contributed by atoms with Gasteiger partial charge in [-0.2, -0.15) is 0 Å². The lowest BCUT2D eigenvalue weighted by molar-refractivity contribution is 0.0603. The number of furan rings is 1. The Morgan fingerprint density at radius 2 is 1.93 bits per heavy atom. The van der Waals surface area contributed by atoms with Crippen LogP contribution in [0.4, 0.5) is 0 Å². The lowest BCUT2D eigenvalue weighted by atomic mass is 9.97. The van der Waals surface area contributed by atoms with E-state index in [0.29, 0.717) is 5.69 Å². The molecule has 30 heavy (non-hydrogen) atoms. The number of likely N-dealkylation sites (tertiary alicyclic amines) is 1. The average Bonchev–Trinajstić information content (AvgIpc) is 3.37. The van der Waals surface area contributed by atoms with Gasteiger partial charge in [0.15, 0.2) is 0 Å². The molecule has 0 saturated carbocycles. The minimum absolute atomic E-state index is 0.0408. The van der Waals surface area contributed by atoms with E-state index in [-0.39, 0.29) is 11.9 Å². The summed E-state index contributed by atoms with van der Waals surface area (Å²) in [5, 5.41) is 2.03. The van der Waals surface area contributed by atoms with Gasteiger partial charge in [0.1, 0.15) is 17.0 Å². The van der Waals surface area contributed by atoms with Crippen LogP contribution in [0, 0.1) is 6.92 Å². The summed E-state index contributed by atoms with van der Waals surface area (Å²) in [4.78, 5) is 21.3. The van der Waals surface area contributed by atoms with Gasteiger partial charge >= 0.3 is 0 Å². The van der Waals surface area contributed by atoms with Crippen LogP contribution in [-0.2, 0) is 6.42 Å². The lowest BCUT2D eigenvalue weighted by Gasteiger charge is -2.35. The third kappa shape index (κ3) is 3.65. The lowest BCUT2D eigenvalue weighted by Crippen LogP contribution is -2.45. The number of piperidine rings is 1. The van der Waals surface area contributed by atoms with Crippen LogP contribution in [0.2, 0.25) is 0 Å². The molecule has 0 N–H and O–H groups in total. The third-order valence-electron chi connectivity index (χ3n) is 5.77. The van der Waals surface area contributed by atoms with Crippen molar-refractivity contribution >= 4 is 28.2 Å². The van der Waals surface area contributed by atoms with Crippen molar-refractivity contribution in [2.75, 3.05) is 6.54 Å². The number of carbonyl (C=O) groups is 1. The summed E-state index contributed by atoms with van der Waals surface area (Å²) in [5.41, 5.74) is 2.54. The molecule has 3 heterocycles. The smallest absolute Gasteiger partial charge is 0.274 e. The monoisotopic (exact) mass is 416 g/mol. The second kappa shape index (κ2) is 8.07. The molecule has 2 aromatic heterocycles. The molecule has 5 rings (SSSR count). The summed E-state index contributed by atoms with van der Waals surface area (Å²) in [7, 11) is 0. The molecule has 152 valence electrons. The van der Waals surface area contributed by atoms with E-state index < -0.39 is 0 Å². The van der Waals surface area contributed by atoms with Crippen molar-refractivity contribution in [1.29, 1.82) is 0 Å².